The van der Waals surface area contributed by atoms with Crippen molar-refractivity contribution < 1.29 is 19.0 Å². The first-order chi connectivity index (χ1) is 13.0. The van der Waals surface area contributed by atoms with Crippen LogP contribution in [0, 0.1) is 0 Å². The number of rotatable bonds is 10. The van der Waals surface area contributed by atoms with Crippen molar-refractivity contribution in [3.63, 3.8) is 0 Å². The van der Waals surface area contributed by atoms with Gasteiger partial charge < -0.3 is 19.5 Å². The molecule has 1 amide bonds. The number of carbonyl (C=O) groups excluding carboxylic acids is 1. The van der Waals surface area contributed by atoms with Crippen LogP contribution in [0.25, 0.3) is 0 Å². The average molecular weight is 371 g/mol. The van der Waals surface area contributed by atoms with Crippen LogP contribution in [0.3, 0.4) is 0 Å². The molecule has 2 rings (SSSR count). The van der Waals surface area contributed by atoms with E-state index >= 15 is 0 Å². The van der Waals surface area contributed by atoms with Crippen molar-refractivity contribution >= 4 is 5.91 Å². The molecule has 0 fully saturated rings. The van der Waals surface area contributed by atoms with Crippen LogP contribution >= 0.6 is 0 Å². The zero-order chi connectivity index (χ0) is 19.7. The topological polar surface area (TPSA) is 56.8 Å². The lowest BCUT2D eigenvalue weighted by molar-refractivity contribution is -0.125. The molecule has 0 aliphatic heterocycles. The summed E-state index contributed by atoms with van der Waals surface area (Å²) < 4.78 is 16.1. The van der Waals surface area contributed by atoms with Gasteiger partial charge in [-0.2, -0.15) is 0 Å². The van der Waals surface area contributed by atoms with Crippen LogP contribution in [-0.2, 0) is 21.4 Å². The van der Waals surface area contributed by atoms with E-state index in [1.807, 2.05) is 36.4 Å². The third-order valence-electron chi connectivity index (χ3n) is 4.50. The zero-order valence-corrected chi connectivity index (χ0v) is 16.6. The first kappa shape index (κ1) is 20.8. The number of carbonyl (C=O) groups is 1. The summed E-state index contributed by atoms with van der Waals surface area (Å²) in [5, 5.41) is 2.95. The van der Waals surface area contributed by atoms with Crippen LogP contribution < -0.4 is 14.8 Å². The summed E-state index contributed by atoms with van der Waals surface area (Å²) in [7, 11) is 3.23. The van der Waals surface area contributed by atoms with Crippen molar-refractivity contribution in [2.24, 2.45) is 0 Å². The van der Waals surface area contributed by atoms with E-state index in [0.717, 1.165) is 12.0 Å². The lowest BCUT2D eigenvalue weighted by Gasteiger charge is -2.26. The van der Waals surface area contributed by atoms with Gasteiger partial charge in [0, 0.05) is 12.0 Å². The molecule has 0 bridgehead atoms. The van der Waals surface area contributed by atoms with E-state index in [4.69, 9.17) is 14.2 Å². The van der Waals surface area contributed by atoms with Gasteiger partial charge in [-0.15, -0.1) is 0 Å². The second-order valence-electron chi connectivity index (χ2n) is 7.02. The lowest BCUT2D eigenvalue weighted by Crippen LogP contribution is -2.38. The maximum Gasteiger partial charge on any atom is 0.246 e. The maximum atomic E-state index is 12.1. The molecular formula is C22H29NO4. The second-order valence-corrected chi connectivity index (χ2v) is 7.02. The van der Waals surface area contributed by atoms with E-state index in [2.05, 4.69) is 31.3 Å². The first-order valence-corrected chi connectivity index (χ1v) is 9.07. The monoisotopic (exact) mass is 371 g/mol. The van der Waals surface area contributed by atoms with Crippen LogP contribution in [-0.4, -0.2) is 39.9 Å². The van der Waals surface area contributed by atoms with Gasteiger partial charge in [0.15, 0.2) is 11.5 Å². The minimum Gasteiger partial charge on any atom is -0.493 e. The largest absolute Gasteiger partial charge is 0.493 e. The molecule has 27 heavy (non-hydrogen) atoms. The Bertz CT molecular complexity index is 728. The molecule has 2 aromatic rings. The molecule has 5 heteroatoms. The molecule has 146 valence electrons. The Hall–Kier alpha value is -2.53. The number of nitrogens with one attached hydrogen (secondary N) is 1. The molecule has 5 nitrogen and oxygen atoms in total. The summed E-state index contributed by atoms with van der Waals surface area (Å²) >= 11 is 0. The summed E-state index contributed by atoms with van der Waals surface area (Å²) in [5.74, 6) is 1.25. The lowest BCUT2D eigenvalue weighted by atomic mass is 9.84. The number of methoxy groups -OCH3 is 2. The summed E-state index contributed by atoms with van der Waals surface area (Å²) in [6, 6.07) is 15.9. The summed E-state index contributed by atoms with van der Waals surface area (Å²) in [5.41, 5.74) is 2.01. The Labute approximate surface area is 161 Å². The predicted octanol–water partition coefficient (Wildman–Crippen LogP) is 3.36. The van der Waals surface area contributed by atoms with Crippen LogP contribution in [0.5, 0.6) is 11.5 Å². The maximum absolute atomic E-state index is 12.1. The van der Waals surface area contributed by atoms with E-state index < -0.39 is 0 Å². The number of ether oxygens (including phenoxy) is 3. The van der Waals surface area contributed by atoms with Gasteiger partial charge in [-0.25, -0.2) is 0 Å². The Morgan fingerprint density at radius 2 is 1.70 bits per heavy atom. The van der Waals surface area contributed by atoms with Crippen molar-refractivity contribution in [3.8, 4) is 11.5 Å². The highest BCUT2D eigenvalue weighted by atomic mass is 16.5. The Morgan fingerprint density at radius 3 is 2.37 bits per heavy atom. The summed E-state index contributed by atoms with van der Waals surface area (Å²) in [6.45, 7) is 5.24. The van der Waals surface area contributed by atoms with Crippen LogP contribution in [0.15, 0.2) is 48.5 Å². The SMILES string of the molecule is COc1ccc(C(C)(C)CNC(=O)COCCc2ccccc2)cc1OC. The van der Waals surface area contributed by atoms with Crippen molar-refractivity contribution in [3.05, 3.63) is 59.7 Å². The fourth-order valence-electron chi connectivity index (χ4n) is 2.73. The fourth-order valence-corrected chi connectivity index (χ4v) is 2.73. The smallest absolute Gasteiger partial charge is 0.246 e. The normalized spacial score (nSPS) is 11.1. The predicted molar refractivity (Wildman–Crippen MR) is 107 cm³/mol. The molecule has 0 unspecified atom stereocenters. The van der Waals surface area contributed by atoms with E-state index in [1.165, 1.54) is 5.56 Å². The molecule has 0 radical (unpaired) electrons. The molecular weight excluding hydrogens is 342 g/mol. The van der Waals surface area contributed by atoms with Crippen LogP contribution in [0.4, 0.5) is 0 Å². The molecule has 0 aromatic heterocycles. The minimum atomic E-state index is -0.251. The van der Waals surface area contributed by atoms with E-state index in [0.29, 0.717) is 24.7 Å². The number of benzene rings is 2. The van der Waals surface area contributed by atoms with Gasteiger partial charge in [0.2, 0.25) is 5.91 Å². The van der Waals surface area contributed by atoms with E-state index in [9.17, 15) is 4.79 Å². The highest BCUT2D eigenvalue weighted by Crippen LogP contribution is 2.32. The zero-order valence-electron chi connectivity index (χ0n) is 16.6. The molecule has 0 saturated carbocycles. The molecule has 0 spiro atoms. The van der Waals surface area contributed by atoms with Gasteiger partial charge in [-0.05, 0) is 29.7 Å². The van der Waals surface area contributed by atoms with Gasteiger partial charge in [0.1, 0.15) is 6.61 Å². The quantitative estimate of drug-likeness (QED) is 0.651. The highest BCUT2D eigenvalue weighted by Gasteiger charge is 2.23. The van der Waals surface area contributed by atoms with Gasteiger partial charge in [0.05, 0.1) is 20.8 Å². The van der Waals surface area contributed by atoms with Gasteiger partial charge in [-0.1, -0.05) is 50.2 Å². The Morgan fingerprint density at radius 1 is 1.00 bits per heavy atom. The Kier molecular flexibility index (Phi) is 7.67. The highest BCUT2D eigenvalue weighted by molar-refractivity contribution is 5.77. The first-order valence-electron chi connectivity index (χ1n) is 9.07. The van der Waals surface area contributed by atoms with Crippen molar-refractivity contribution in [2.75, 3.05) is 34.0 Å². The van der Waals surface area contributed by atoms with E-state index in [1.54, 1.807) is 14.2 Å². The Balaban J connectivity index is 1.79. The van der Waals surface area contributed by atoms with Gasteiger partial charge in [0.25, 0.3) is 0 Å². The average Bonchev–Trinajstić information content (AvgIpc) is 2.70. The number of hydrogen-bond donors (Lipinski definition) is 1. The molecule has 2 aromatic carbocycles. The molecule has 0 atom stereocenters. The van der Waals surface area contributed by atoms with Crippen LogP contribution in [0.1, 0.15) is 25.0 Å². The minimum absolute atomic E-state index is 0.0643. The molecule has 0 aliphatic carbocycles. The van der Waals surface area contributed by atoms with Crippen molar-refractivity contribution in [1.29, 1.82) is 0 Å². The van der Waals surface area contributed by atoms with Gasteiger partial charge in [-0.3, -0.25) is 4.79 Å². The molecule has 0 saturated heterocycles. The third-order valence-corrected chi connectivity index (χ3v) is 4.50. The fraction of sp³-hybridized carbons (Fsp3) is 0.409. The number of hydrogen-bond acceptors (Lipinski definition) is 4. The van der Waals surface area contributed by atoms with Gasteiger partial charge >= 0.3 is 0 Å². The van der Waals surface area contributed by atoms with Crippen LogP contribution in [0.2, 0.25) is 0 Å². The summed E-state index contributed by atoms with van der Waals surface area (Å²) in [6.07, 6.45) is 0.797. The third kappa shape index (κ3) is 6.29. The second kappa shape index (κ2) is 9.97. The van der Waals surface area contributed by atoms with E-state index in [-0.39, 0.29) is 17.9 Å². The molecule has 0 aliphatic rings. The van der Waals surface area contributed by atoms with Crippen molar-refractivity contribution in [2.45, 2.75) is 25.7 Å². The number of amides is 1. The van der Waals surface area contributed by atoms with Crippen molar-refractivity contribution in [1.82, 2.24) is 5.32 Å². The standard InChI is InChI=1S/C22H29NO4/c1-22(2,18-10-11-19(25-3)20(14-18)26-4)16-23-21(24)15-27-13-12-17-8-6-5-7-9-17/h5-11,14H,12-13,15-16H2,1-4H3,(H,23,24). The summed E-state index contributed by atoms with van der Waals surface area (Å²) in [4.78, 5) is 12.1. The molecule has 1 N–H and O–H groups in total. The molecule has 0 heterocycles.